The highest BCUT2D eigenvalue weighted by Crippen LogP contribution is 2.37. The lowest BCUT2D eigenvalue weighted by atomic mass is 10.2. The highest BCUT2D eigenvalue weighted by atomic mass is 35.5. The van der Waals surface area contributed by atoms with Crippen LogP contribution in [0.2, 0.25) is 10.0 Å². The molecule has 0 aliphatic carbocycles. The van der Waals surface area contributed by atoms with Gasteiger partial charge in [0, 0.05) is 19.1 Å². The van der Waals surface area contributed by atoms with Crippen LogP contribution >= 0.6 is 23.2 Å². The Morgan fingerprint density at radius 2 is 2.12 bits per heavy atom. The molecule has 1 atom stereocenters. The maximum Gasteiger partial charge on any atom is 0.0748 e. The molecular weight excluding hydrogens is 243 g/mol. The molecule has 2 rings (SSSR count). The molecule has 1 saturated heterocycles. The number of anilines is 1. The normalized spacial score (nSPS) is 20.5. The summed E-state index contributed by atoms with van der Waals surface area (Å²) in [4.78, 5) is 2.26. The van der Waals surface area contributed by atoms with Crippen LogP contribution in [0.25, 0.3) is 0 Å². The van der Waals surface area contributed by atoms with Gasteiger partial charge in [0.2, 0.25) is 0 Å². The molecule has 1 unspecified atom stereocenters. The van der Waals surface area contributed by atoms with E-state index in [0.717, 1.165) is 40.8 Å². The molecule has 0 saturated carbocycles. The Balaban J connectivity index is 2.30. The Bertz CT molecular complexity index is 393. The molecule has 2 nitrogen and oxygen atoms in total. The highest BCUT2D eigenvalue weighted by Gasteiger charge is 2.24. The fourth-order valence-electron chi connectivity index (χ4n) is 2.13. The van der Waals surface area contributed by atoms with E-state index in [1.165, 1.54) is 0 Å². The second-order valence-corrected chi connectivity index (χ2v) is 5.03. The van der Waals surface area contributed by atoms with Gasteiger partial charge in [0.05, 0.1) is 15.7 Å². The van der Waals surface area contributed by atoms with E-state index in [1.807, 2.05) is 26.1 Å². The van der Waals surface area contributed by atoms with Crippen LogP contribution in [0.1, 0.15) is 12.0 Å². The van der Waals surface area contributed by atoms with E-state index in [2.05, 4.69) is 10.2 Å². The summed E-state index contributed by atoms with van der Waals surface area (Å²) >= 11 is 12.5. The number of benzene rings is 1. The molecule has 0 spiro atoms. The predicted molar refractivity (Wildman–Crippen MR) is 70.9 cm³/mol. The van der Waals surface area contributed by atoms with Gasteiger partial charge in [-0.15, -0.1) is 0 Å². The van der Waals surface area contributed by atoms with Crippen LogP contribution in [0, 0.1) is 6.92 Å². The third kappa shape index (κ3) is 2.15. The lowest BCUT2D eigenvalue weighted by Crippen LogP contribution is -2.29. The second-order valence-electron chi connectivity index (χ2n) is 4.25. The Morgan fingerprint density at radius 3 is 2.75 bits per heavy atom. The summed E-state index contributed by atoms with van der Waals surface area (Å²) in [6.07, 6.45) is 1.14. The van der Waals surface area contributed by atoms with E-state index in [9.17, 15) is 0 Å². The van der Waals surface area contributed by atoms with E-state index in [0.29, 0.717) is 6.04 Å². The molecule has 0 bridgehead atoms. The van der Waals surface area contributed by atoms with Crippen LogP contribution in [-0.4, -0.2) is 26.2 Å². The van der Waals surface area contributed by atoms with Crippen LogP contribution in [0.5, 0.6) is 0 Å². The first-order valence-corrected chi connectivity index (χ1v) is 6.26. The molecule has 4 heteroatoms. The topological polar surface area (TPSA) is 15.3 Å². The quantitative estimate of drug-likeness (QED) is 0.877. The number of likely N-dealkylation sites (N-methyl/N-ethyl adjacent to an activating group) is 1. The summed E-state index contributed by atoms with van der Waals surface area (Å²) in [5, 5.41) is 4.81. The molecule has 1 aliphatic heterocycles. The highest BCUT2D eigenvalue weighted by molar-refractivity contribution is 6.39. The zero-order valence-corrected chi connectivity index (χ0v) is 11.1. The van der Waals surface area contributed by atoms with Gasteiger partial charge in [-0.25, -0.2) is 0 Å². The predicted octanol–water partition coefficient (Wildman–Crippen LogP) is 3.10. The van der Waals surface area contributed by atoms with Gasteiger partial charge in [-0.1, -0.05) is 29.3 Å². The molecule has 1 aliphatic rings. The van der Waals surface area contributed by atoms with E-state index in [-0.39, 0.29) is 0 Å². The molecule has 1 fully saturated rings. The van der Waals surface area contributed by atoms with Crippen molar-refractivity contribution < 1.29 is 0 Å². The van der Waals surface area contributed by atoms with E-state index in [1.54, 1.807) is 0 Å². The molecule has 0 aromatic heterocycles. The average Bonchev–Trinajstić information content (AvgIpc) is 2.73. The molecule has 1 heterocycles. The van der Waals surface area contributed by atoms with Crippen LogP contribution in [-0.2, 0) is 0 Å². The minimum absolute atomic E-state index is 0.535. The first-order valence-electron chi connectivity index (χ1n) is 5.50. The van der Waals surface area contributed by atoms with Gasteiger partial charge in [0.25, 0.3) is 0 Å². The fourth-order valence-corrected chi connectivity index (χ4v) is 2.74. The van der Waals surface area contributed by atoms with Gasteiger partial charge in [-0.2, -0.15) is 0 Å². The third-order valence-corrected chi connectivity index (χ3v) is 3.95. The molecule has 0 amide bonds. The van der Waals surface area contributed by atoms with Crippen molar-refractivity contribution in [3.8, 4) is 0 Å². The molecule has 1 aromatic carbocycles. The number of nitrogens with zero attached hydrogens (tertiary/aromatic N) is 1. The molecule has 0 radical (unpaired) electrons. The summed E-state index contributed by atoms with van der Waals surface area (Å²) in [7, 11) is 1.99. The summed E-state index contributed by atoms with van der Waals surface area (Å²) in [5.41, 5.74) is 2.06. The number of rotatable bonds is 2. The standard InChI is InChI=1S/C12H16Cl2N2/c1-8-3-4-10(13)12(11(8)14)16-6-5-9(7-16)15-2/h3-4,9,15H,5-7H2,1-2H3. The Labute approximate surface area is 107 Å². The number of aryl methyl sites for hydroxylation is 1. The van der Waals surface area contributed by atoms with E-state index in [4.69, 9.17) is 23.2 Å². The second kappa shape index (κ2) is 4.82. The minimum atomic E-state index is 0.535. The molecule has 1 N–H and O–H groups in total. The van der Waals surface area contributed by atoms with Crippen molar-refractivity contribution in [2.75, 3.05) is 25.0 Å². The summed E-state index contributed by atoms with van der Waals surface area (Å²) < 4.78 is 0. The maximum atomic E-state index is 6.32. The van der Waals surface area contributed by atoms with Gasteiger partial charge < -0.3 is 10.2 Å². The summed E-state index contributed by atoms with van der Waals surface area (Å²) in [6.45, 7) is 3.99. The van der Waals surface area contributed by atoms with Gasteiger partial charge in [-0.3, -0.25) is 0 Å². The number of hydrogen-bond acceptors (Lipinski definition) is 2. The third-order valence-electron chi connectivity index (χ3n) is 3.17. The van der Waals surface area contributed by atoms with Gasteiger partial charge in [0.1, 0.15) is 0 Å². The van der Waals surface area contributed by atoms with Crippen LogP contribution < -0.4 is 10.2 Å². The minimum Gasteiger partial charge on any atom is -0.367 e. The van der Waals surface area contributed by atoms with E-state index < -0.39 is 0 Å². The Kier molecular flexibility index (Phi) is 3.63. The Hall–Kier alpha value is -0.440. The van der Waals surface area contributed by atoms with Crippen molar-refractivity contribution in [1.82, 2.24) is 5.32 Å². The first kappa shape index (κ1) is 12.0. The SMILES string of the molecule is CNC1CCN(c2c(Cl)ccc(C)c2Cl)C1. The number of halogens is 2. The van der Waals surface area contributed by atoms with Crippen molar-refractivity contribution in [1.29, 1.82) is 0 Å². The number of nitrogens with one attached hydrogen (secondary N) is 1. The number of hydrogen-bond donors (Lipinski definition) is 1. The maximum absolute atomic E-state index is 6.32. The van der Waals surface area contributed by atoms with Crippen molar-refractivity contribution in [2.45, 2.75) is 19.4 Å². The largest absolute Gasteiger partial charge is 0.367 e. The van der Waals surface area contributed by atoms with Gasteiger partial charge >= 0.3 is 0 Å². The van der Waals surface area contributed by atoms with Crippen LogP contribution in [0.4, 0.5) is 5.69 Å². The van der Waals surface area contributed by atoms with Crippen LogP contribution in [0.3, 0.4) is 0 Å². The molecular formula is C12H16Cl2N2. The fraction of sp³-hybridized carbons (Fsp3) is 0.500. The molecule has 16 heavy (non-hydrogen) atoms. The van der Waals surface area contributed by atoms with Crippen LogP contribution in [0.15, 0.2) is 12.1 Å². The zero-order valence-electron chi connectivity index (χ0n) is 9.56. The van der Waals surface area contributed by atoms with Crippen molar-refractivity contribution in [2.24, 2.45) is 0 Å². The average molecular weight is 259 g/mol. The van der Waals surface area contributed by atoms with E-state index >= 15 is 0 Å². The smallest absolute Gasteiger partial charge is 0.0748 e. The molecule has 88 valence electrons. The van der Waals surface area contributed by atoms with Gasteiger partial charge in [0.15, 0.2) is 0 Å². The molecule has 1 aromatic rings. The lowest BCUT2D eigenvalue weighted by molar-refractivity contribution is 0.617. The zero-order chi connectivity index (χ0) is 11.7. The van der Waals surface area contributed by atoms with Crippen molar-refractivity contribution >= 4 is 28.9 Å². The monoisotopic (exact) mass is 258 g/mol. The van der Waals surface area contributed by atoms with Gasteiger partial charge in [-0.05, 0) is 32.0 Å². The summed E-state index contributed by atoms with van der Waals surface area (Å²) in [6, 6.07) is 4.41. The summed E-state index contributed by atoms with van der Waals surface area (Å²) in [5.74, 6) is 0. The van der Waals surface area contributed by atoms with Crippen molar-refractivity contribution in [3.05, 3.63) is 27.7 Å². The van der Waals surface area contributed by atoms with Crippen molar-refractivity contribution in [3.63, 3.8) is 0 Å². The lowest BCUT2D eigenvalue weighted by Gasteiger charge is -2.22. The Morgan fingerprint density at radius 1 is 1.38 bits per heavy atom. The first-order chi connectivity index (χ1) is 7.63.